The summed E-state index contributed by atoms with van der Waals surface area (Å²) in [5.41, 5.74) is 3.52. The third-order valence-electron chi connectivity index (χ3n) is 5.90. The Balaban J connectivity index is 1.41. The highest BCUT2D eigenvalue weighted by atomic mass is 15.2. The van der Waals surface area contributed by atoms with Gasteiger partial charge in [0.15, 0.2) is 5.82 Å². The smallest absolute Gasteiger partial charge is 0.154 e. The molecule has 2 saturated heterocycles. The molecule has 0 bridgehead atoms. The second-order valence-corrected chi connectivity index (χ2v) is 8.02. The van der Waals surface area contributed by atoms with Gasteiger partial charge in [-0.2, -0.15) is 0 Å². The van der Waals surface area contributed by atoms with Crippen molar-refractivity contribution in [3.05, 3.63) is 36.8 Å². The Morgan fingerprint density at radius 3 is 2.73 bits per heavy atom. The molecule has 2 aliphatic rings. The van der Waals surface area contributed by atoms with E-state index in [1.165, 1.54) is 12.8 Å². The SMILES string of the molecule is c1cnc2c(NC[C@H]3CCCNC3)nc(-c3ccc(N4CCNCC4)nc3)cc2n1. The first kappa shape index (κ1) is 19.1. The second kappa shape index (κ2) is 8.89. The maximum absolute atomic E-state index is 4.90. The van der Waals surface area contributed by atoms with Crippen LogP contribution in [0.1, 0.15) is 12.8 Å². The lowest BCUT2D eigenvalue weighted by molar-refractivity contribution is 0.392. The zero-order chi connectivity index (χ0) is 20.2. The van der Waals surface area contributed by atoms with E-state index in [4.69, 9.17) is 9.97 Å². The summed E-state index contributed by atoms with van der Waals surface area (Å²) in [6.45, 7) is 7.03. The molecule has 0 unspecified atom stereocenters. The molecule has 3 aromatic rings. The number of piperazine rings is 1. The summed E-state index contributed by atoms with van der Waals surface area (Å²) in [6, 6.07) is 6.19. The topological polar surface area (TPSA) is 90.9 Å². The van der Waals surface area contributed by atoms with Gasteiger partial charge in [-0.05, 0) is 50.0 Å². The normalized spacial score (nSPS) is 19.7. The first-order valence-corrected chi connectivity index (χ1v) is 10.9. The summed E-state index contributed by atoms with van der Waals surface area (Å²) in [5.74, 6) is 2.42. The molecule has 5 rings (SSSR count). The first-order valence-electron chi connectivity index (χ1n) is 10.9. The van der Waals surface area contributed by atoms with Gasteiger partial charge in [0.2, 0.25) is 0 Å². The number of fused-ring (bicyclic) bond motifs is 1. The number of rotatable bonds is 5. The molecule has 0 aliphatic carbocycles. The molecule has 0 radical (unpaired) electrons. The molecule has 3 N–H and O–H groups in total. The van der Waals surface area contributed by atoms with E-state index in [0.717, 1.165) is 79.7 Å². The summed E-state index contributed by atoms with van der Waals surface area (Å²) in [6.07, 6.45) is 7.83. The highest BCUT2D eigenvalue weighted by Gasteiger charge is 2.16. The average molecular weight is 405 g/mol. The molecule has 2 aliphatic heterocycles. The summed E-state index contributed by atoms with van der Waals surface area (Å²) in [5, 5.41) is 10.4. The Labute approximate surface area is 176 Å². The van der Waals surface area contributed by atoms with Gasteiger partial charge in [-0.3, -0.25) is 4.98 Å². The monoisotopic (exact) mass is 404 g/mol. The van der Waals surface area contributed by atoms with Gasteiger partial charge in [-0.1, -0.05) is 0 Å². The zero-order valence-electron chi connectivity index (χ0n) is 17.1. The summed E-state index contributed by atoms with van der Waals surface area (Å²) in [4.78, 5) is 21.0. The Kier molecular flexibility index (Phi) is 5.67. The van der Waals surface area contributed by atoms with Crippen LogP contribution in [0.4, 0.5) is 11.6 Å². The van der Waals surface area contributed by atoms with E-state index >= 15 is 0 Å². The van der Waals surface area contributed by atoms with Crippen molar-refractivity contribution in [1.82, 2.24) is 30.6 Å². The van der Waals surface area contributed by atoms with E-state index in [9.17, 15) is 0 Å². The lowest BCUT2D eigenvalue weighted by atomic mass is 10.00. The second-order valence-electron chi connectivity index (χ2n) is 8.02. The highest BCUT2D eigenvalue weighted by Crippen LogP contribution is 2.26. The molecule has 2 fully saturated rings. The van der Waals surface area contributed by atoms with E-state index < -0.39 is 0 Å². The van der Waals surface area contributed by atoms with Crippen molar-refractivity contribution in [2.24, 2.45) is 5.92 Å². The lowest BCUT2D eigenvalue weighted by Gasteiger charge is -2.28. The molecule has 8 nitrogen and oxygen atoms in total. The third-order valence-corrected chi connectivity index (χ3v) is 5.90. The minimum absolute atomic E-state index is 0.607. The average Bonchev–Trinajstić information content (AvgIpc) is 2.84. The van der Waals surface area contributed by atoms with Gasteiger partial charge in [0.25, 0.3) is 0 Å². The van der Waals surface area contributed by atoms with E-state index in [-0.39, 0.29) is 0 Å². The van der Waals surface area contributed by atoms with Crippen molar-refractivity contribution in [2.45, 2.75) is 12.8 Å². The minimum atomic E-state index is 0.607. The van der Waals surface area contributed by atoms with E-state index in [2.05, 4.69) is 43.0 Å². The maximum Gasteiger partial charge on any atom is 0.154 e. The molecule has 0 aromatic carbocycles. The molecule has 5 heterocycles. The number of pyridine rings is 2. The lowest BCUT2D eigenvalue weighted by Crippen LogP contribution is -2.43. The van der Waals surface area contributed by atoms with Crippen LogP contribution in [0.2, 0.25) is 0 Å². The summed E-state index contributed by atoms with van der Waals surface area (Å²) in [7, 11) is 0. The molecular weight excluding hydrogens is 376 g/mol. The van der Waals surface area contributed by atoms with Gasteiger partial charge >= 0.3 is 0 Å². The Hall–Kier alpha value is -2.84. The van der Waals surface area contributed by atoms with Gasteiger partial charge in [0, 0.05) is 56.9 Å². The van der Waals surface area contributed by atoms with Crippen molar-refractivity contribution in [1.29, 1.82) is 0 Å². The van der Waals surface area contributed by atoms with Crippen molar-refractivity contribution >= 4 is 22.7 Å². The molecule has 156 valence electrons. The van der Waals surface area contributed by atoms with Crippen LogP contribution in [0, 0.1) is 5.92 Å². The van der Waals surface area contributed by atoms with Gasteiger partial charge in [-0.15, -0.1) is 0 Å². The zero-order valence-corrected chi connectivity index (χ0v) is 17.1. The highest BCUT2D eigenvalue weighted by molar-refractivity contribution is 5.88. The van der Waals surface area contributed by atoms with Crippen molar-refractivity contribution in [2.75, 3.05) is 56.0 Å². The maximum atomic E-state index is 4.90. The van der Waals surface area contributed by atoms with Crippen molar-refractivity contribution in [3.63, 3.8) is 0 Å². The molecule has 0 amide bonds. The van der Waals surface area contributed by atoms with Gasteiger partial charge < -0.3 is 20.9 Å². The van der Waals surface area contributed by atoms with Crippen molar-refractivity contribution < 1.29 is 0 Å². The fourth-order valence-corrected chi connectivity index (χ4v) is 4.20. The number of anilines is 2. The number of hydrogen-bond donors (Lipinski definition) is 3. The number of nitrogens with zero attached hydrogens (tertiary/aromatic N) is 5. The molecule has 30 heavy (non-hydrogen) atoms. The molecule has 0 spiro atoms. The fourth-order valence-electron chi connectivity index (χ4n) is 4.20. The number of nitrogens with one attached hydrogen (secondary N) is 3. The minimum Gasteiger partial charge on any atom is -0.368 e. The molecule has 3 aromatic heterocycles. The number of piperidine rings is 1. The van der Waals surface area contributed by atoms with Gasteiger partial charge in [0.05, 0.1) is 11.2 Å². The Bertz CT molecular complexity index is 978. The van der Waals surface area contributed by atoms with Gasteiger partial charge in [0.1, 0.15) is 11.3 Å². The quantitative estimate of drug-likeness (QED) is 0.594. The van der Waals surface area contributed by atoms with Crippen LogP contribution >= 0.6 is 0 Å². The largest absolute Gasteiger partial charge is 0.368 e. The van der Waals surface area contributed by atoms with Crippen molar-refractivity contribution in [3.8, 4) is 11.3 Å². The van der Waals surface area contributed by atoms with Crippen LogP contribution in [0.5, 0.6) is 0 Å². The van der Waals surface area contributed by atoms with Crippen LogP contribution in [-0.2, 0) is 0 Å². The standard InChI is InChI=1S/C22H28N8/c1-2-16(13-24-5-1)14-28-22-21-19(25-6-7-26-21)12-18(29-22)17-3-4-20(27-15-17)30-10-8-23-9-11-30/h3-4,6-7,12,15-16,23-24H,1-2,5,8-11,13-14H2,(H,28,29)/t16-/m0/s1. The third kappa shape index (κ3) is 4.20. The summed E-state index contributed by atoms with van der Waals surface area (Å²) < 4.78 is 0. The van der Waals surface area contributed by atoms with Crippen LogP contribution in [0.3, 0.4) is 0 Å². The predicted octanol–water partition coefficient (Wildman–Crippen LogP) is 1.91. The number of hydrogen-bond acceptors (Lipinski definition) is 8. The molecular formula is C22H28N8. The van der Waals surface area contributed by atoms with Gasteiger partial charge in [-0.25, -0.2) is 15.0 Å². The van der Waals surface area contributed by atoms with E-state index in [0.29, 0.717) is 5.92 Å². The molecule has 0 saturated carbocycles. The van der Waals surface area contributed by atoms with Crippen LogP contribution in [0.15, 0.2) is 36.8 Å². The first-order chi connectivity index (χ1) is 14.9. The van der Waals surface area contributed by atoms with Crippen LogP contribution in [0.25, 0.3) is 22.3 Å². The van der Waals surface area contributed by atoms with E-state index in [1.54, 1.807) is 12.4 Å². The predicted molar refractivity (Wildman–Crippen MR) is 120 cm³/mol. The van der Waals surface area contributed by atoms with Crippen LogP contribution < -0.4 is 20.9 Å². The fraction of sp³-hybridized carbons (Fsp3) is 0.455. The molecule has 1 atom stereocenters. The Morgan fingerprint density at radius 2 is 1.93 bits per heavy atom. The van der Waals surface area contributed by atoms with E-state index in [1.807, 2.05) is 12.3 Å². The number of aromatic nitrogens is 4. The van der Waals surface area contributed by atoms with Crippen LogP contribution in [-0.4, -0.2) is 65.7 Å². The molecule has 8 heteroatoms. The Morgan fingerprint density at radius 1 is 1.03 bits per heavy atom. The summed E-state index contributed by atoms with van der Waals surface area (Å²) >= 11 is 0.